The van der Waals surface area contributed by atoms with Crippen molar-refractivity contribution in [3.8, 4) is 5.75 Å². The second-order valence-corrected chi connectivity index (χ2v) is 10.7. The van der Waals surface area contributed by atoms with Crippen molar-refractivity contribution in [3.63, 3.8) is 0 Å². The van der Waals surface area contributed by atoms with E-state index in [4.69, 9.17) is 9.88 Å². The first-order chi connectivity index (χ1) is 17.9. The topological polar surface area (TPSA) is 92.9 Å². The van der Waals surface area contributed by atoms with Gasteiger partial charge in [0, 0.05) is 25.2 Å². The number of ether oxygens (including phenoxy) is 1. The van der Waals surface area contributed by atoms with E-state index >= 15 is 0 Å². The van der Waals surface area contributed by atoms with Crippen LogP contribution in [0.2, 0.25) is 0 Å². The van der Waals surface area contributed by atoms with E-state index in [1.54, 1.807) is 18.2 Å². The maximum absolute atomic E-state index is 11.9. The molecule has 6 nitrogen and oxygen atoms in total. The molecule has 0 aliphatic heterocycles. The summed E-state index contributed by atoms with van der Waals surface area (Å²) in [6.45, 7) is 1.98. The van der Waals surface area contributed by atoms with Crippen LogP contribution < -0.4 is 9.88 Å². The number of rotatable bonds is 12. The average Bonchev–Trinajstić information content (AvgIpc) is 2.89. The summed E-state index contributed by atoms with van der Waals surface area (Å²) < 4.78 is 29.8. The number of benzene rings is 4. The van der Waals surface area contributed by atoms with Gasteiger partial charge in [-0.3, -0.25) is 4.90 Å². The fourth-order valence-corrected chi connectivity index (χ4v) is 4.89. The lowest BCUT2D eigenvalue weighted by molar-refractivity contribution is 0.105. The Hall–Kier alpha value is -3.49. The summed E-state index contributed by atoms with van der Waals surface area (Å²) in [5.41, 5.74) is 4.28. The van der Waals surface area contributed by atoms with Crippen LogP contribution in [0.25, 0.3) is 0 Å². The summed E-state index contributed by atoms with van der Waals surface area (Å²) in [4.78, 5) is 2.18. The quantitative estimate of drug-likeness (QED) is 0.282. The van der Waals surface area contributed by atoms with E-state index in [2.05, 4.69) is 29.2 Å². The van der Waals surface area contributed by atoms with Crippen LogP contribution in [0, 0.1) is 0 Å². The average molecular weight is 517 g/mol. The molecule has 4 aromatic carbocycles. The van der Waals surface area contributed by atoms with Crippen molar-refractivity contribution in [2.75, 3.05) is 6.54 Å². The van der Waals surface area contributed by atoms with Gasteiger partial charge >= 0.3 is 0 Å². The number of aliphatic hydroxyl groups is 1. The maximum atomic E-state index is 11.9. The summed E-state index contributed by atoms with van der Waals surface area (Å²) >= 11 is 0. The van der Waals surface area contributed by atoms with Crippen molar-refractivity contribution in [2.45, 2.75) is 31.6 Å². The van der Waals surface area contributed by atoms with Gasteiger partial charge < -0.3 is 9.84 Å². The molecule has 0 aliphatic rings. The molecular formula is C30H32N2O4S. The van der Waals surface area contributed by atoms with Crippen molar-refractivity contribution >= 4 is 10.0 Å². The van der Waals surface area contributed by atoms with Crippen molar-refractivity contribution < 1.29 is 18.3 Å². The fraction of sp³-hybridized carbons (Fsp3) is 0.200. The van der Waals surface area contributed by atoms with Gasteiger partial charge in [-0.15, -0.1) is 0 Å². The minimum atomic E-state index is -3.80. The predicted octanol–water partition coefficient (Wildman–Crippen LogP) is 4.79. The Morgan fingerprint density at radius 3 is 1.78 bits per heavy atom. The first-order valence-corrected chi connectivity index (χ1v) is 13.9. The molecule has 3 N–H and O–H groups in total. The third-order valence-corrected chi connectivity index (χ3v) is 6.71. The van der Waals surface area contributed by atoms with Crippen LogP contribution in [-0.2, 0) is 35.5 Å². The molecule has 0 amide bonds. The Morgan fingerprint density at radius 1 is 0.757 bits per heavy atom. The Kier molecular flexibility index (Phi) is 9.09. The Balaban J connectivity index is 1.54. The maximum Gasteiger partial charge on any atom is 0.213 e. The number of sulfonamides is 1. The lowest BCUT2D eigenvalue weighted by Crippen LogP contribution is -2.28. The van der Waals surface area contributed by atoms with Gasteiger partial charge in [-0.25, -0.2) is 13.6 Å². The number of hydrogen-bond acceptors (Lipinski definition) is 5. The van der Waals surface area contributed by atoms with Crippen LogP contribution in [0.1, 0.15) is 33.9 Å². The van der Waals surface area contributed by atoms with Crippen LogP contribution in [-0.4, -0.2) is 25.0 Å². The molecule has 0 spiro atoms. The van der Waals surface area contributed by atoms with E-state index < -0.39 is 16.1 Å². The molecule has 1 unspecified atom stereocenters. The van der Waals surface area contributed by atoms with Gasteiger partial charge in [-0.1, -0.05) is 97.1 Å². The zero-order valence-electron chi connectivity index (χ0n) is 20.6. The standard InChI is InChI=1S/C30H32N2O4S/c31-37(34,35)23-28-18-27(16-17-30(28)36-22-26-14-8-3-9-15-26)29(33)21-32(19-24-10-4-1-5-11-24)20-25-12-6-2-7-13-25/h1-18,29,33H,19-23H2,(H2,31,34,35). The van der Waals surface area contributed by atoms with Crippen molar-refractivity contribution in [1.29, 1.82) is 0 Å². The van der Waals surface area contributed by atoms with Gasteiger partial charge in [-0.2, -0.15) is 0 Å². The largest absolute Gasteiger partial charge is 0.489 e. The summed E-state index contributed by atoms with van der Waals surface area (Å²) in [7, 11) is -3.80. The summed E-state index contributed by atoms with van der Waals surface area (Å²) in [6.07, 6.45) is -0.838. The number of hydrogen-bond donors (Lipinski definition) is 2. The Bertz CT molecular complexity index is 1320. The molecule has 0 saturated carbocycles. The molecule has 0 aliphatic carbocycles. The predicted molar refractivity (Wildman–Crippen MR) is 146 cm³/mol. The van der Waals surface area contributed by atoms with Gasteiger partial charge in [0.25, 0.3) is 0 Å². The highest BCUT2D eigenvalue weighted by atomic mass is 32.2. The van der Waals surface area contributed by atoms with Crippen LogP contribution in [0.5, 0.6) is 5.75 Å². The molecule has 0 bridgehead atoms. The number of aliphatic hydroxyl groups excluding tert-OH is 1. The van der Waals surface area contributed by atoms with E-state index in [-0.39, 0.29) is 5.75 Å². The molecule has 0 fully saturated rings. The van der Waals surface area contributed by atoms with Gasteiger partial charge in [0.2, 0.25) is 10.0 Å². The molecule has 1 atom stereocenters. The molecule has 37 heavy (non-hydrogen) atoms. The molecule has 4 rings (SSSR count). The number of nitrogens with two attached hydrogens (primary N) is 1. The second kappa shape index (κ2) is 12.7. The molecule has 7 heteroatoms. The molecule has 192 valence electrons. The second-order valence-electron chi connectivity index (χ2n) is 9.11. The summed E-state index contributed by atoms with van der Waals surface area (Å²) in [6, 6.07) is 35.0. The molecular weight excluding hydrogens is 484 g/mol. The van der Waals surface area contributed by atoms with Gasteiger partial charge in [0.05, 0.1) is 11.9 Å². The van der Waals surface area contributed by atoms with E-state index in [1.165, 1.54) is 0 Å². The molecule has 0 saturated heterocycles. The minimum absolute atomic E-state index is 0.294. The van der Waals surface area contributed by atoms with Crippen molar-refractivity contribution in [2.24, 2.45) is 5.14 Å². The van der Waals surface area contributed by atoms with Crippen LogP contribution >= 0.6 is 0 Å². The lowest BCUT2D eigenvalue weighted by atomic mass is 10.0. The molecule has 4 aromatic rings. The number of nitrogens with zero attached hydrogens (tertiary/aromatic N) is 1. The lowest BCUT2D eigenvalue weighted by Gasteiger charge is -2.26. The highest BCUT2D eigenvalue weighted by Crippen LogP contribution is 2.27. The van der Waals surface area contributed by atoms with Crippen LogP contribution in [0.15, 0.2) is 109 Å². The Morgan fingerprint density at radius 2 is 1.27 bits per heavy atom. The molecule has 0 heterocycles. The zero-order valence-corrected chi connectivity index (χ0v) is 21.4. The molecule has 0 aromatic heterocycles. The number of primary sulfonamides is 1. The van der Waals surface area contributed by atoms with Gasteiger partial charge in [-0.05, 0) is 34.4 Å². The summed E-state index contributed by atoms with van der Waals surface area (Å²) in [5, 5.41) is 16.6. The summed E-state index contributed by atoms with van der Waals surface area (Å²) in [5.74, 6) is 0.0503. The smallest absolute Gasteiger partial charge is 0.213 e. The third kappa shape index (κ3) is 8.55. The van der Waals surface area contributed by atoms with E-state index in [0.29, 0.717) is 43.1 Å². The fourth-order valence-electron chi connectivity index (χ4n) is 4.23. The minimum Gasteiger partial charge on any atom is -0.489 e. The first kappa shape index (κ1) is 26.6. The normalized spacial score (nSPS) is 12.4. The van der Waals surface area contributed by atoms with Gasteiger partial charge in [0.15, 0.2) is 0 Å². The highest BCUT2D eigenvalue weighted by Gasteiger charge is 2.19. The monoisotopic (exact) mass is 516 g/mol. The third-order valence-electron chi connectivity index (χ3n) is 5.99. The SMILES string of the molecule is NS(=O)(=O)Cc1cc(C(O)CN(Cc2ccccc2)Cc2ccccc2)ccc1OCc1ccccc1. The van der Waals surface area contributed by atoms with Crippen molar-refractivity contribution in [1.82, 2.24) is 4.90 Å². The zero-order chi connectivity index (χ0) is 26.1. The van der Waals surface area contributed by atoms with Gasteiger partial charge in [0.1, 0.15) is 12.4 Å². The van der Waals surface area contributed by atoms with E-state index in [9.17, 15) is 13.5 Å². The molecule has 0 radical (unpaired) electrons. The highest BCUT2D eigenvalue weighted by molar-refractivity contribution is 7.88. The van der Waals surface area contributed by atoms with Crippen LogP contribution in [0.4, 0.5) is 0 Å². The van der Waals surface area contributed by atoms with E-state index in [0.717, 1.165) is 16.7 Å². The van der Waals surface area contributed by atoms with Crippen molar-refractivity contribution in [3.05, 3.63) is 137 Å². The van der Waals surface area contributed by atoms with Crippen LogP contribution in [0.3, 0.4) is 0 Å². The Labute approximate surface area is 219 Å². The first-order valence-electron chi connectivity index (χ1n) is 12.1. The van der Waals surface area contributed by atoms with E-state index in [1.807, 2.05) is 66.7 Å².